The number of aliphatic hydroxyl groups is 1. The lowest BCUT2D eigenvalue weighted by atomic mass is 10.2. The van der Waals surface area contributed by atoms with Crippen molar-refractivity contribution in [2.24, 2.45) is 0 Å². The molecule has 1 N–H and O–H groups in total. The van der Waals surface area contributed by atoms with Crippen LogP contribution in [0.5, 0.6) is 0 Å². The molecule has 90 valence electrons. The first kappa shape index (κ1) is 12.4. The van der Waals surface area contributed by atoms with Crippen LogP contribution in [0.4, 0.5) is 5.13 Å². The highest BCUT2D eigenvalue weighted by atomic mass is 35.5. The first-order valence-corrected chi connectivity index (χ1v) is 6.41. The second kappa shape index (κ2) is 5.49. The molecule has 3 nitrogen and oxygen atoms in total. The Morgan fingerprint density at radius 2 is 2.06 bits per heavy atom. The summed E-state index contributed by atoms with van der Waals surface area (Å²) in [6, 6.07) is 10.2. The van der Waals surface area contributed by atoms with Crippen molar-refractivity contribution in [1.82, 2.24) is 4.98 Å². The van der Waals surface area contributed by atoms with Gasteiger partial charge in [-0.1, -0.05) is 53.3 Å². The summed E-state index contributed by atoms with van der Waals surface area (Å²) in [6.07, 6.45) is 0. The molecule has 1 aromatic carbocycles. The van der Waals surface area contributed by atoms with Crippen LogP contribution in [0.15, 0.2) is 30.3 Å². The highest BCUT2D eigenvalue weighted by Crippen LogP contribution is 2.29. The zero-order valence-electron chi connectivity index (χ0n) is 9.43. The number of benzene rings is 1. The van der Waals surface area contributed by atoms with Crippen molar-refractivity contribution >= 4 is 28.1 Å². The topological polar surface area (TPSA) is 36.4 Å². The molecular weight excluding hydrogens is 256 g/mol. The highest BCUT2D eigenvalue weighted by molar-refractivity contribution is 7.16. The Morgan fingerprint density at radius 1 is 1.35 bits per heavy atom. The van der Waals surface area contributed by atoms with Gasteiger partial charge in [0.2, 0.25) is 0 Å². The summed E-state index contributed by atoms with van der Waals surface area (Å²) >= 11 is 7.32. The highest BCUT2D eigenvalue weighted by Gasteiger charge is 2.11. The Kier molecular flexibility index (Phi) is 3.99. The van der Waals surface area contributed by atoms with E-state index in [0.717, 1.165) is 11.7 Å². The molecule has 5 heteroatoms. The van der Waals surface area contributed by atoms with Gasteiger partial charge in [0.05, 0.1) is 11.5 Å². The van der Waals surface area contributed by atoms with E-state index in [-0.39, 0.29) is 6.61 Å². The Morgan fingerprint density at radius 3 is 2.65 bits per heavy atom. The number of anilines is 1. The fourth-order valence-electron chi connectivity index (χ4n) is 1.51. The van der Waals surface area contributed by atoms with Crippen LogP contribution in [-0.2, 0) is 13.2 Å². The van der Waals surface area contributed by atoms with E-state index in [1.54, 1.807) is 0 Å². The van der Waals surface area contributed by atoms with Crippen LogP contribution in [0.1, 0.15) is 10.4 Å². The van der Waals surface area contributed by atoms with Crippen LogP contribution in [0.25, 0.3) is 0 Å². The van der Waals surface area contributed by atoms with E-state index in [4.69, 9.17) is 16.7 Å². The molecule has 2 aromatic rings. The molecule has 0 aliphatic carbocycles. The van der Waals surface area contributed by atoms with Crippen molar-refractivity contribution in [1.29, 1.82) is 0 Å². The number of rotatable bonds is 4. The minimum absolute atomic E-state index is 0.0598. The number of halogens is 1. The quantitative estimate of drug-likeness (QED) is 0.926. The van der Waals surface area contributed by atoms with Gasteiger partial charge in [-0.15, -0.1) is 0 Å². The molecule has 0 unspecified atom stereocenters. The molecule has 0 amide bonds. The second-order valence-corrected chi connectivity index (χ2v) is 5.13. The van der Waals surface area contributed by atoms with Crippen molar-refractivity contribution in [2.75, 3.05) is 11.9 Å². The van der Waals surface area contributed by atoms with E-state index >= 15 is 0 Å². The van der Waals surface area contributed by atoms with Gasteiger partial charge in [-0.3, -0.25) is 0 Å². The largest absolute Gasteiger partial charge is 0.391 e. The SMILES string of the molecule is CN(Cc1ccccc1)c1nc(Cl)c(CO)s1. The normalized spacial score (nSPS) is 10.5. The van der Waals surface area contributed by atoms with Crippen LogP contribution in [0.3, 0.4) is 0 Å². The fourth-order valence-corrected chi connectivity index (χ4v) is 2.58. The molecule has 1 aromatic heterocycles. The average Bonchev–Trinajstić information content (AvgIpc) is 2.72. The number of nitrogens with zero attached hydrogens (tertiary/aromatic N) is 2. The maximum absolute atomic E-state index is 9.07. The van der Waals surface area contributed by atoms with Crippen LogP contribution in [0.2, 0.25) is 5.15 Å². The van der Waals surface area contributed by atoms with Gasteiger partial charge in [-0.25, -0.2) is 4.98 Å². The van der Waals surface area contributed by atoms with Gasteiger partial charge in [0.15, 0.2) is 5.13 Å². The Hall–Kier alpha value is -1.10. The minimum Gasteiger partial charge on any atom is -0.391 e. The predicted octanol–water partition coefficient (Wildman–Crippen LogP) is 2.93. The van der Waals surface area contributed by atoms with Crippen LogP contribution in [-0.4, -0.2) is 17.1 Å². The Labute approximate surface area is 109 Å². The lowest BCUT2D eigenvalue weighted by molar-refractivity contribution is 0.285. The summed E-state index contributed by atoms with van der Waals surface area (Å²) < 4.78 is 0. The molecular formula is C12H13ClN2OS. The van der Waals surface area contributed by atoms with E-state index in [0.29, 0.717) is 10.0 Å². The minimum atomic E-state index is -0.0598. The summed E-state index contributed by atoms with van der Waals surface area (Å²) in [5.41, 5.74) is 1.21. The Bertz CT molecular complexity index is 487. The number of hydrogen-bond donors (Lipinski definition) is 1. The summed E-state index contributed by atoms with van der Waals surface area (Å²) in [7, 11) is 1.96. The molecule has 2 rings (SSSR count). The lowest BCUT2D eigenvalue weighted by Crippen LogP contribution is -2.15. The van der Waals surface area contributed by atoms with E-state index < -0.39 is 0 Å². The van der Waals surface area contributed by atoms with E-state index in [1.165, 1.54) is 16.9 Å². The third-order valence-electron chi connectivity index (χ3n) is 2.37. The van der Waals surface area contributed by atoms with Gasteiger partial charge in [0, 0.05) is 13.6 Å². The van der Waals surface area contributed by atoms with Crippen LogP contribution >= 0.6 is 22.9 Å². The zero-order valence-corrected chi connectivity index (χ0v) is 11.0. The summed E-state index contributed by atoms with van der Waals surface area (Å²) in [6.45, 7) is 0.714. The van der Waals surface area contributed by atoms with E-state index in [1.807, 2.05) is 30.1 Å². The van der Waals surface area contributed by atoms with E-state index in [9.17, 15) is 0 Å². The van der Waals surface area contributed by atoms with Gasteiger partial charge >= 0.3 is 0 Å². The third kappa shape index (κ3) is 2.97. The fraction of sp³-hybridized carbons (Fsp3) is 0.250. The molecule has 0 atom stereocenters. The van der Waals surface area contributed by atoms with Gasteiger partial charge in [0.1, 0.15) is 5.15 Å². The standard InChI is InChI=1S/C12H13ClN2OS/c1-15(7-9-5-3-2-4-6-9)12-14-11(13)10(8-16)17-12/h2-6,16H,7-8H2,1H3. The lowest BCUT2D eigenvalue weighted by Gasteiger charge is -2.15. The van der Waals surface area contributed by atoms with Crippen molar-refractivity contribution in [2.45, 2.75) is 13.2 Å². The molecule has 0 bridgehead atoms. The van der Waals surface area contributed by atoms with Gasteiger partial charge in [-0.05, 0) is 5.56 Å². The smallest absolute Gasteiger partial charge is 0.187 e. The van der Waals surface area contributed by atoms with Crippen LogP contribution in [0, 0.1) is 0 Å². The van der Waals surface area contributed by atoms with Crippen molar-refractivity contribution < 1.29 is 5.11 Å². The maximum Gasteiger partial charge on any atom is 0.187 e. The molecule has 0 aliphatic rings. The average molecular weight is 269 g/mol. The second-order valence-electron chi connectivity index (χ2n) is 3.71. The van der Waals surface area contributed by atoms with Gasteiger partial charge < -0.3 is 10.0 Å². The summed E-state index contributed by atoms with van der Waals surface area (Å²) in [5, 5.41) is 10.3. The molecule has 0 saturated carbocycles. The number of aliphatic hydroxyl groups excluding tert-OH is 1. The zero-order chi connectivity index (χ0) is 12.3. The van der Waals surface area contributed by atoms with Gasteiger partial charge in [-0.2, -0.15) is 0 Å². The predicted molar refractivity (Wildman–Crippen MR) is 71.6 cm³/mol. The molecule has 17 heavy (non-hydrogen) atoms. The van der Waals surface area contributed by atoms with Gasteiger partial charge in [0.25, 0.3) is 0 Å². The van der Waals surface area contributed by atoms with Crippen molar-refractivity contribution in [3.63, 3.8) is 0 Å². The molecule has 1 heterocycles. The number of aromatic nitrogens is 1. The van der Waals surface area contributed by atoms with Crippen molar-refractivity contribution in [3.8, 4) is 0 Å². The molecule has 0 spiro atoms. The van der Waals surface area contributed by atoms with Crippen LogP contribution < -0.4 is 4.90 Å². The maximum atomic E-state index is 9.07. The molecule has 0 fully saturated rings. The summed E-state index contributed by atoms with van der Waals surface area (Å²) in [4.78, 5) is 6.96. The first-order chi connectivity index (χ1) is 8.20. The third-order valence-corrected chi connectivity index (χ3v) is 3.95. The molecule has 0 radical (unpaired) electrons. The molecule has 0 aliphatic heterocycles. The molecule has 0 saturated heterocycles. The monoisotopic (exact) mass is 268 g/mol. The van der Waals surface area contributed by atoms with Crippen molar-refractivity contribution in [3.05, 3.63) is 45.9 Å². The summed E-state index contributed by atoms with van der Waals surface area (Å²) in [5.74, 6) is 0. The number of thiazole rings is 1. The Balaban J connectivity index is 2.12. The first-order valence-electron chi connectivity index (χ1n) is 5.22. The number of hydrogen-bond acceptors (Lipinski definition) is 4. The van der Waals surface area contributed by atoms with E-state index in [2.05, 4.69) is 17.1 Å².